The van der Waals surface area contributed by atoms with Crippen molar-refractivity contribution in [2.45, 2.75) is 33.3 Å². The smallest absolute Gasteiger partial charge is 0.336 e. The summed E-state index contributed by atoms with van der Waals surface area (Å²) in [7, 11) is 1.59. The lowest BCUT2D eigenvalue weighted by molar-refractivity contribution is 0.0943. The van der Waals surface area contributed by atoms with Gasteiger partial charge in [0, 0.05) is 11.1 Å². The molecule has 1 heterocycles. The second-order valence-corrected chi connectivity index (χ2v) is 6.38. The second-order valence-electron chi connectivity index (χ2n) is 6.38. The first-order chi connectivity index (χ1) is 13.0. The van der Waals surface area contributed by atoms with Crippen LogP contribution in [0.4, 0.5) is 0 Å². The molecule has 3 rings (SSSR count). The van der Waals surface area contributed by atoms with Crippen LogP contribution >= 0.6 is 0 Å². The number of nitrogens with zero attached hydrogens (tertiary/aromatic N) is 3. The molecule has 6 nitrogen and oxygen atoms in total. The van der Waals surface area contributed by atoms with Gasteiger partial charge in [0.25, 0.3) is 5.91 Å². The highest BCUT2D eigenvalue weighted by Crippen LogP contribution is 2.25. The molecule has 140 valence electrons. The zero-order valence-electron chi connectivity index (χ0n) is 16.0. The fraction of sp³-hybridized carbons (Fsp3) is 0.286. The number of rotatable bonds is 6. The Hall–Kier alpha value is -3.15. The summed E-state index contributed by atoms with van der Waals surface area (Å²) >= 11 is 0. The van der Waals surface area contributed by atoms with Gasteiger partial charge in [-0.05, 0) is 50.1 Å². The Balaban J connectivity index is 2.06. The van der Waals surface area contributed by atoms with Crippen LogP contribution < -0.4 is 9.47 Å². The van der Waals surface area contributed by atoms with Crippen LogP contribution in [0.1, 0.15) is 36.7 Å². The summed E-state index contributed by atoms with van der Waals surface area (Å²) < 4.78 is 12.2. The number of hydrogen-bond donors (Lipinski definition) is 0. The van der Waals surface area contributed by atoms with Crippen LogP contribution in [-0.4, -0.2) is 33.9 Å². The van der Waals surface area contributed by atoms with Crippen molar-refractivity contribution in [2.24, 2.45) is 0 Å². The molecule has 3 aromatic rings. The number of aryl methyl sites for hydroxylation is 1. The third kappa shape index (κ3) is 4.16. The number of ether oxygens (including phenoxy) is 2. The minimum atomic E-state index is -0.262. The normalized spacial score (nSPS) is 10.9. The molecule has 6 heteroatoms. The average molecular weight is 365 g/mol. The van der Waals surface area contributed by atoms with E-state index in [0.717, 1.165) is 12.0 Å². The SMILES string of the molecule is CCc1ccc(C(=O)n2nc(OC(C)C)nc2-c2cccc(OC)c2)cc1. The molecule has 0 unspecified atom stereocenters. The number of benzene rings is 2. The molecule has 0 saturated carbocycles. The fourth-order valence-electron chi connectivity index (χ4n) is 2.65. The molecule has 0 atom stereocenters. The molecule has 0 saturated heterocycles. The predicted molar refractivity (Wildman–Crippen MR) is 103 cm³/mol. The van der Waals surface area contributed by atoms with Gasteiger partial charge in [-0.1, -0.05) is 31.2 Å². The highest BCUT2D eigenvalue weighted by molar-refractivity contribution is 5.97. The van der Waals surface area contributed by atoms with E-state index in [2.05, 4.69) is 17.0 Å². The zero-order valence-corrected chi connectivity index (χ0v) is 16.0. The summed E-state index contributed by atoms with van der Waals surface area (Å²) in [6, 6.07) is 15.0. The first-order valence-electron chi connectivity index (χ1n) is 8.93. The van der Waals surface area contributed by atoms with E-state index in [1.54, 1.807) is 19.2 Å². The lowest BCUT2D eigenvalue weighted by atomic mass is 10.1. The van der Waals surface area contributed by atoms with Gasteiger partial charge in [-0.2, -0.15) is 9.67 Å². The first kappa shape index (κ1) is 18.6. The number of aromatic nitrogens is 3. The molecule has 1 aromatic heterocycles. The highest BCUT2D eigenvalue weighted by atomic mass is 16.5. The minimum absolute atomic E-state index is 0.0991. The minimum Gasteiger partial charge on any atom is -0.497 e. The summed E-state index contributed by atoms with van der Waals surface area (Å²) in [6.45, 7) is 5.85. The Morgan fingerprint density at radius 1 is 1.15 bits per heavy atom. The van der Waals surface area contributed by atoms with E-state index >= 15 is 0 Å². The van der Waals surface area contributed by atoms with Crippen molar-refractivity contribution in [3.63, 3.8) is 0 Å². The van der Waals surface area contributed by atoms with Gasteiger partial charge in [0.05, 0.1) is 13.2 Å². The standard InChI is InChI=1S/C21H23N3O3/c1-5-15-9-11-16(12-10-15)20(25)24-19(22-21(23-24)27-14(2)3)17-7-6-8-18(13-17)26-4/h6-14H,5H2,1-4H3. The van der Waals surface area contributed by atoms with Crippen LogP contribution in [0.5, 0.6) is 11.8 Å². The maximum Gasteiger partial charge on any atom is 0.336 e. The third-order valence-electron chi connectivity index (χ3n) is 4.06. The fourth-order valence-corrected chi connectivity index (χ4v) is 2.65. The molecule has 0 fully saturated rings. The third-order valence-corrected chi connectivity index (χ3v) is 4.06. The highest BCUT2D eigenvalue weighted by Gasteiger charge is 2.21. The Morgan fingerprint density at radius 2 is 1.89 bits per heavy atom. The molecule has 0 amide bonds. The Labute approximate surface area is 158 Å². The van der Waals surface area contributed by atoms with Crippen LogP contribution in [-0.2, 0) is 6.42 Å². The molecule has 0 radical (unpaired) electrons. The van der Waals surface area contributed by atoms with Crippen LogP contribution in [0.2, 0.25) is 0 Å². The van der Waals surface area contributed by atoms with Gasteiger partial charge in [0.15, 0.2) is 5.82 Å². The summed E-state index contributed by atoms with van der Waals surface area (Å²) in [5.74, 6) is 0.823. The number of carbonyl (C=O) groups is 1. The van der Waals surface area contributed by atoms with Crippen molar-refractivity contribution in [3.8, 4) is 23.1 Å². The van der Waals surface area contributed by atoms with E-state index in [9.17, 15) is 4.79 Å². The topological polar surface area (TPSA) is 66.2 Å². The molecular weight excluding hydrogens is 342 g/mol. The summed E-state index contributed by atoms with van der Waals surface area (Å²) in [5, 5.41) is 4.29. The zero-order chi connectivity index (χ0) is 19.4. The number of carbonyl (C=O) groups excluding carboxylic acids is 1. The van der Waals surface area contributed by atoms with E-state index < -0.39 is 0 Å². The van der Waals surface area contributed by atoms with Gasteiger partial charge in [0.2, 0.25) is 0 Å². The van der Waals surface area contributed by atoms with Crippen molar-refractivity contribution in [2.75, 3.05) is 7.11 Å². The van der Waals surface area contributed by atoms with Crippen LogP contribution in [0.3, 0.4) is 0 Å². The monoisotopic (exact) mass is 365 g/mol. The molecule has 0 bridgehead atoms. The van der Waals surface area contributed by atoms with Gasteiger partial charge in [0.1, 0.15) is 5.75 Å². The van der Waals surface area contributed by atoms with E-state index in [4.69, 9.17) is 9.47 Å². The summed E-state index contributed by atoms with van der Waals surface area (Å²) in [4.78, 5) is 17.5. The van der Waals surface area contributed by atoms with Gasteiger partial charge in [-0.3, -0.25) is 4.79 Å². The molecule has 0 aliphatic heterocycles. The van der Waals surface area contributed by atoms with Crippen molar-refractivity contribution >= 4 is 5.91 Å². The van der Waals surface area contributed by atoms with Gasteiger partial charge in [-0.15, -0.1) is 5.10 Å². The first-order valence-corrected chi connectivity index (χ1v) is 8.93. The maximum atomic E-state index is 13.1. The number of hydrogen-bond acceptors (Lipinski definition) is 5. The lowest BCUT2D eigenvalue weighted by Gasteiger charge is -2.07. The maximum absolute atomic E-state index is 13.1. The van der Waals surface area contributed by atoms with Crippen molar-refractivity contribution < 1.29 is 14.3 Å². The van der Waals surface area contributed by atoms with E-state index in [1.807, 2.05) is 50.2 Å². The Kier molecular flexibility index (Phi) is 5.54. The second kappa shape index (κ2) is 8.03. The van der Waals surface area contributed by atoms with Crippen molar-refractivity contribution in [3.05, 3.63) is 59.7 Å². The molecule has 27 heavy (non-hydrogen) atoms. The summed E-state index contributed by atoms with van der Waals surface area (Å²) in [6.07, 6.45) is 0.817. The summed E-state index contributed by atoms with van der Waals surface area (Å²) in [5.41, 5.74) is 2.43. The molecule has 2 aromatic carbocycles. The van der Waals surface area contributed by atoms with Crippen LogP contribution in [0.15, 0.2) is 48.5 Å². The van der Waals surface area contributed by atoms with Crippen LogP contribution in [0, 0.1) is 0 Å². The van der Waals surface area contributed by atoms with E-state index in [1.165, 1.54) is 10.2 Å². The average Bonchev–Trinajstić information content (AvgIpc) is 3.10. The largest absolute Gasteiger partial charge is 0.497 e. The van der Waals surface area contributed by atoms with E-state index in [-0.39, 0.29) is 18.0 Å². The van der Waals surface area contributed by atoms with Gasteiger partial charge < -0.3 is 9.47 Å². The lowest BCUT2D eigenvalue weighted by Crippen LogP contribution is -2.15. The predicted octanol–water partition coefficient (Wildman–Crippen LogP) is 3.99. The molecule has 0 aliphatic carbocycles. The van der Waals surface area contributed by atoms with Crippen molar-refractivity contribution in [1.82, 2.24) is 14.8 Å². The Morgan fingerprint density at radius 3 is 2.52 bits per heavy atom. The quantitative estimate of drug-likeness (QED) is 0.661. The van der Waals surface area contributed by atoms with Gasteiger partial charge in [-0.25, -0.2) is 0 Å². The van der Waals surface area contributed by atoms with Crippen LogP contribution in [0.25, 0.3) is 11.4 Å². The van der Waals surface area contributed by atoms with E-state index in [0.29, 0.717) is 17.1 Å². The van der Waals surface area contributed by atoms with Gasteiger partial charge >= 0.3 is 6.01 Å². The molecule has 0 spiro atoms. The van der Waals surface area contributed by atoms with Crippen molar-refractivity contribution in [1.29, 1.82) is 0 Å². The molecular formula is C21H23N3O3. The number of methoxy groups -OCH3 is 1. The molecule has 0 aliphatic rings. The Bertz CT molecular complexity index is 930. The molecule has 0 N–H and O–H groups in total.